The molecular weight excluding hydrogens is 530 g/mol. The Hall–Kier alpha value is -1.15. The second-order valence-corrected chi connectivity index (χ2v) is 7.85. The minimum atomic E-state index is -1.51. The number of benzene rings is 1. The van der Waals surface area contributed by atoms with Crippen LogP contribution in [0, 0.1) is 3.57 Å². The van der Waals surface area contributed by atoms with Crippen molar-refractivity contribution in [2.45, 2.75) is 31.1 Å². The van der Waals surface area contributed by atoms with Gasteiger partial charge in [0.15, 0.2) is 12.0 Å². The van der Waals surface area contributed by atoms with Crippen molar-refractivity contribution in [2.24, 2.45) is 0 Å². The smallest absolute Gasteiger partial charge is 0.330 e. The Morgan fingerprint density at radius 1 is 1.21 bits per heavy atom. The molecule has 28 heavy (non-hydrogen) atoms. The van der Waals surface area contributed by atoms with E-state index < -0.39 is 42.4 Å². The maximum absolute atomic E-state index is 12.5. The Balaban J connectivity index is 2.04. The fourth-order valence-electron chi connectivity index (χ4n) is 2.83. The summed E-state index contributed by atoms with van der Waals surface area (Å²) in [6.45, 7) is -0.863. The molecule has 9 nitrogen and oxygen atoms in total. The SMILES string of the molecule is O=c1[nH]c(=O)n([C@@H]2O[C@H](CO)[C@@H](O)[C@H]2O)c(COc2c(Cl)cccc2Cl)c1I. The lowest BCUT2D eigenvalue weighted by Gasteiger charge is -2.22. The molecule has 1 aliphatic rings. The van der Waals surface area contributed by atoms with Gasteiger partial charge < -0.3 is 24.8 Å². The molecule has 1 saturated heterocycles. The highest BCUT2D eigenvalue weighted by molar-refractivity contribution is 14.1. The molecule has 1 fully saturated rings. The molecule has 4 atom stereocenters. The topological polar surface area (TPSA) is 134 Å². The van der Waals surface area contributed by atoms with Gasteiger partial charge in [-0.05, 0) is 34.7 Å². The quantitative estimate of drug-likeness (QED) is 0.406. The molecule has 2 aromatic rings. The number of halogens is 3. The molecule has 1 aliphatic heterocycles. The fraction of sp³-hybridized carbons (Fsp3) is 0.375. The van der Waals surface area contributed by atoms with Crippen LogP contribution in [0.25, 0.3) is 0 Å². The number of hydrogen-bond donors (Lipinski definition) is 4. The van der Waals surface area contributed by atoms with E-state index in [9.17, 15) is 24.9 Å². The standard InChI is InChI=1S/C16H15Cl2IN2O7/c17-6-2-1-3-7(18)13(6)27-5-8-10(19)14(25)20-16(26)21(8)15-12(24)11(23)9(4-22)28-15/h1-3,9,11-12,15,22-24H,4-5H2,(H,20,25,26)/t9-,11-,12-,15-/m1/s1. The van der Waals surface area contributed by atoms with Crippen LogP contribution in [-0.4, -0.2) is 49.8 Å². The summed E-state index contributed by atoms with van der Waals surface area (Å²) < 4.78 is 12.1. The Morgan fingerprint density at radius 2 is 1.86 bits per heavy atom. The molecule has 12 heteroatoms. The van der Waals surface area contributed by atoms with Crippen molar-refractivity contribution in [3.63, 3.8) is 0 Å². The molecule has 4 N–H and O–H groups in total. The third kappa shape index (κ3) is 3.95. The number of hydrogen-bond acceptors (Lipinski definition) is 7. The van der Waals surface area contributed by atoms with Gasteiger partial charge in [-0.25, -0.2) is 4.79 Å². The molecule has 152 valence electrons. The number of ether oxygens (including phenoxy) is 2. The minimum absolute atomic E-state index is 0.0835. The van der Waals surface area contributed by atoms with Crippen molar-refractivity contribution >= 4 is 45.8 Å². The van der Waals surface area contributed by atoms with Gasteiger partial charge >= 0.3 is 5.69 Å². The van der Waals surface area contributed by atoms with Crippen LogP contribution in [0.2, 0.25) is 10.0 Å². The van der Waals surface area contributed by atoms with Gasteiger partial charge in [0.1, 0.15) is 28.5 Å². The molecular formula is C16H15Cl2IN2O7. The zero-order valence-corrected chi connectivity index (χ0v) is 17.7. The van der Waals surface area contributed by atoms with Crippen molar-refractivity contribution in [1.82, 2.24) is 9.55 Å². The first kappa shape index (κ1) is 21.6. The third-order valence-electron chi connectivity index (χ3n) is 4.23. The average molecular weight is 545 g/mol. The highest BCUT2D eigenvalue weighted by Crippen LogP contribution is 2.34. The van der Waals surface area contributed by atoms with Crippen LogP contribution in [-0.2, 0) is 11.3 Å². The van der Waals surface area contributed by atoms with Crippen molar-refractivity contribution in [2.75, 3.05) is 6.61 Å². The van der Waals surface area contributed by atoms with E-state index in [-0.39, 0.29) is 31.7 Å². The van der Waals surface area contributed by atoms with Crippen molar-refractivity contribution in [3.05, 3.63) is 58.3 Å². The summed E-state index contributed by atoms with van der Waals surface area (Å²) >= 11 is 13.9. The van der Waals surface area contributed by atoms with E-state index in [0.717, 1.165) is 4.57 Å². The lowest BCUT2D eigenvalue weighted by atomic mass is 10.1. The molecule has 2 heterocycles. The van der Waals surface area contributed by atoms with Gasteiger partial charge in [-0.15, -0.1) is 0 Å². The van der Waals surface area contributed by atoms with Gasteiger partial charge in [0.2, 0.25) is 0 Å². The molecule has 0 amide bonds. The summed E-state index contributed by atoms with van der Waals surface area (Å²) in [6.07, 6.45) is -5.37. The lowest BCUT2D eigenvalue weighted by Crippen LogP contribution is -2.41. The van der Waals surface area contributed by atoms with Crippen LogP contribution in [0.1, 0.15) is 11.9 Å². The summed E-state index contributed by atoms with van der Waals surface area (Å²) in [6, 6.07) is 4.75. The summed E-state index contributed by atoms with van der Waals surface area (Å²) in [5, 5.41) is 30.0. The predicted octanol–water partition coefficient (Wildman–Crippen LogP) is 0.639. The molecule has 0 aliphatic carbocycles. The van der Waals surface area contributed by atoms with Gasteiger partial charge in [-0.3, -0.25) is 14.3 Å². The molecule has 1 aromatic carbocycles. The maximum atomic E-state index is 12.5. The number of H-pyrrole nitrogens is 1. The first-order chi connectivity index (χ1) is 13.3. The molecule has 0 radical (unpaired) electrons. The zero-order chi connectivity index (χ0) is 20.6. The average Bonchev–Trinajstić information content (AvgIpc) is 2.93. The summed E-state index contributed by atoms with van der Waals surface area (Å²) in [7, 11) is 0. The van der Waals surface area contributed by atoms with E-state index in [2.05, 4.69) is 4.98 Å². The largest absolute Gasteiger partial charge is 0.484 e. The predicted molar refractivity (Wildman–Crippen MR) is 108 cm³/mol. The Bertz CT molecular complexity index is 976. The van der Waals surface area contributed by atoms with E-state index in [1.165, 1.54) is 0 Å². The maximum Gasteiger partial charge on any atom is 0.330 e. The normalized spacial score (nSPS) is 24.5. The van der Waals surface area contributed by atoms with E-state index in [0.29, 0.717) is 0 Å². The summed E-state index contributed by atoms with van der Waals surface area (Å²) in [5.74, 6) is 0.155. The highest BCUT2D eigenvalue weighted by atomic mass is 127. The third-order valence-corrected chi connectivity index (χ3v) is 5.93. The fourth-order valence-corrected chi connectivity index (χ4v) is 3.88. The van der Waals surface area contributed by atoms with Crippen LogP contribution in [0.3, 0.4) is 0 Å². The number of aromatic amines is 1. The zero-order valence-electron chi connectivity index (χ0n) is 14.0. The first-order valence-electron chi connectivity index (χ1n) is 7.98. The van der Waals surface area contributed by atoms with Gasteiger partial charge in [0.05, 0.1) is 22.3 Å². The Kier molecular flexibility index (Phi) is 6.69. The van der Waals surface area contributed by atoms with Gasteiger partial charge in [0.25, 0.3) is 5.56 Å². The van der Waals surface area contributed by atoms with Crippen molar-refractivity contribution in [1.29, 1.82) is 0 Å². The number of rotatable bonds is 5. The van der Waals surface area contributed by atoms with Gasteiger partial charge in [-0.2, -0.15) is 0 Å². The van der Waals surface area contributed by atoms with Gasteiger partial charge in [0, 0.05) is 0 Å². The summed E-state index contributed by atoms with van der Waals surface area (Å²) in [5.41, 5.74) is -1.44. The highest BCUT2D eigenvalue weighted by Gasteiger charge is 2.44. The van der Waals surface area contributed by atoms with Crippen LogP contribution in [0.5, 0.6) is 5.75 Å². The molecule has 0 saturated carbocycles. The lowest BCUT2D eigenvalue weighted by molar-refractivity contribution is -0.0573. The number of para-hydroxylation sites is 1. The van der Waals surface area contributed by atoms with Crippen LogP contribution in [0.4, 0.5) is 0 Å². The van der Waals surface area contributed by atoms with E-state index >= 15 is 0 Å². The number of aromatic nitrogens is 2. The van der Waals surface area contributed by atoms with Gasteiger partial charge in [-0.1, -0.05) is 29.3 Å². The molecule has 3 rings (SSSR count). The van der Waals surface area contributed by atoms with E-state index in [1.54, 1.807) is 40.8 Å². The number of aliphatic hydroxyl groups is 3. The molecule has 1 aromatic heterocycles. The van der Waals surface area contributed by atoms with E-state index in [1.807, 2.05) is 0 Å². The van der Waals surface area contributed by atoms with Crippen LogP contribution < -0.4 is 16.0 Å². The monoisotopic (exact) mass is 544 g/mol. The second kappa shape index (κ2) is 8.69. The molecule has 0 bridgehead atoms. The molecule has 0 spiro atoms. The first-order valence-corrected chi connectivity index (χ1v) is 9.82. The summed E-state index contributed by atoms with van der Waals surface area (Å²) in [4.78, 5) is 26.6. The number of aliphatic hydroxyl groups excluding tert-OH is 3. The number of nitrogens with one attached hydrogen (secondary N) is 1. The minimum Gasteiger partial charge on any atom is -0.484 e. The van der Waals surface area contributed by atoms with Crippen LogP contribution >= 0.6 is 45.8 Å². The number of nitrogens with zero attached hydrogens (tertiary/aromatic N) is 1. The van der Waals surface area contributed by atoms with Crippen LogP contribution in [0.15, 0.2) is 27.8 Å². The van der Waals surface area contributed by atoms with E-state index in [4.69, 9.17) is 32.7 Å². The van der Waals surface area contributed by atoms with Crippen molar-refractivity contribution in [3.8, 4) is 5.75 Å². The van der Waals surface area contributed by atoms with Crippen molar-refractivity contribution < 1.29 is 24.8 Å². The second-order valence-electron chi connectivity index (χ2n) is 5.96. The molecule has 0 unspecified atom stereocenters. The Labute approximate surface area is 181 Å². The Morgan fingerprint density at radius 3 is 2.43 bits per heavy atom.